The second-order valence-corrected chi connectivity index (χ2v) is 8.24. The van der Waals surface area contributed by atoms with E-state index in [4.69, 9.17) is 9.47 Å². The molecule has 2 heterocycles. The van der Waals surface area contributed by atoms with Crippen molar-refractivity contribution in [3.8, 4) is 17.0 Å². The number of anilines is 4. The highest BCUT2D eigenvalue weighted by molar-refractivity contribution is 5.92. The molecule has 1 saturated heterocycles. The molecule has 34 heavy (non-hydrogen) atoms. The van der Waals surface area contributed by atoms with Gasteiger partial charge in [0.2, 0.25) is 11.9 Å². The Labute approximate surface area is 199 Å². The number of hydrogen-bond donors (Lipinski definition) is 2. The highest BCUT2D eigenvalue weighted by atomic mass is 16.5. The SMILES string of the molecule is COc1cc(Nc2nccc(-c3ccc(NC(=O)CN(C)C)cc3)n2)ccc1N1CCOCC1. The van der Waals surface area contributed by atoms with Crippen LogP contribution in [-0.2, 0) is 9.53 Å². The first-order valence-corrected chi connectivity index (χ1v) is 11.2. The van der Waals surface area contributed by atoms with Gasteiger partial charge in [0.05, 0.1) is 38.2 Å². The van der Waals surface area contributed by atoms with Crippen molar-refractivity contribution in [2.45, 2.75) is 0 Å². The molecule has 9 nitrogen and oxygen atoms in total. The van der Waals surface area contributed by atoms with Crippen LogP contribution in [0, 0.1) is 0 Å². The van der Waals surface area contributed by atoms with E-state index in [1.807, 2.05) is 67.5 Å². The summed E-state index contributed by atoms with van der Waals surface area (Å²) < 4.78 is 11.1. The zero-order valence-electron chi connectivity index (χ0n) is 19.7. The lowest BCUT2D eigenvalue weighted by molar-refractivity contribution is -0.116. The molecule has 1 aliphatic rings. The van der Waals surface area contributed by atoms with Gasteiger partial charge in [0, 0.05) is 42.3 Å². The zero-order valence-corrected chi connectivity index (χ0v) is 19.7. The first-order valence-electron chi connectivity index (χ1n) is 11.2. The van der Waals surface area contributed by atoms with Gasteiger partial charge < -0.3 is 29.9 Å². The summed E-state index contributed by atoms with van der Waals surface area (Å²) in [4.78, 5) is 25.1. The largest absolute Gasteiger partial charge is 0.495 e. The van der Waals surface area contributed by atoms with Gasteiger partial charge in [-0.15, -0.1) is 0 Å². The number of methoxy groups -OCH3 is 1. The average Bonchev–Trinajstić information content (AvgIpc) is 2.84. The third-order valence-corrected chi connectivity index (χ3v) is 5.37. The lowest BCUT2D eigenvalue weighted by Gasteiger charge is -2.30. The monoisotopic (exact) mass is 462 g/mol. The number of ether oxygens (including phenoxy) is 2. The molecule has 0 radical (unpaired) electrons. The number of nitrogens with one attached hydrogen (secondary N) is 2. The van der Waals surface area contributed by atoms with Crippen LogP contribution in [0.3, 0.4) is 0 Å². The van der Waals surface area contributed by atoms with Crippen LogP contribution in [0.5, 0.6) is 5.75 Å². The van der Waals surface area contributed by atoms with Gasteiger partial charge in [0.15, 0.2) is 0 Å². The molecule has 0 saturated carbocycles. The molecule has 1 aliphatic heterocycles. The number of carbonyl (C=O) groups excluding carboxylic acids is 1. The van der Waals surface area contributed by atoms with Crippen molar-refractivity contribution in [3.05, 3.63) is 54.7 Å². The Kier molecular flexibility index (Phi) is 7.56. The van der Waals surface area contributed by atoms with Crippen LogP contribution in [0.2, 0.25) is 0 Å². The molecule has 1 amide bonds. The second kappa shape index (κ2) is 11.0. The third kappa shape index (κ3) is 6.00. The minimum absolute atomic E-state index is 0.0543. The molecule has 2 aromatic carbocycles. The average molecular weight is 463 g/mol. The minimum atomic E-state index is -0.0543. The molecule has 9 heteroatoms. The molecule has 0 unspecified atom stereocenters. The van der Waals surface area contributed by atoms with Gasteiger partial charge >= 0.3 is 0 Å². The maximum Gasteiger partial charge on any atom is 0.238 e. The van der Waals surface area contributed by atoms with Gasteiger partial charge in [0.25, 0.3) is 0 Å². The van der Waals surface area contributed by atoms with E-state index < -0.39 is 0 Å². The van der Waals surface area contributed by atoms with Crippen molar-refractivity contribution in [2.24, 2.45) is 0 Å². The summed E-state index contributed by atoms with van der Waals surface area (Å²) >= 11 is 0. The standard InChI is InChI=1S/C25H30N6O3/c1-30(2)17-24(32)27-19-6-4-18(5-7-19)21-10-11-26-25(29-21)28-20-8-9-22(23(16-20)33-3)31-12-14-34-15-13-31/h4-11,16H,12-15,17H2,1-3H3,(H,27,32)(H,26,28,29). The van der Waals surface area contributed by atoms with E-state index in [1.54, 1.807) is 13.3 Å². The molecule has 0 aliphatic carbocycles. The van der Waals surface area contributed by atoms with Gasteiger partial charge in [0.1, 0.15) is 5.75 Å². The van der Waals surface area contributed by atoms with Crippen LogP contribution in [0.25, 0.3) is 11.3 Å². The van der Waals surface area contributed by atoms with Gasteiger partial charge in [-0.1, -0.05) is 12.1 Å². The third-order valence-electron chi connectivity index (χ3n) is 5.37. The van der Waals surface area contributed by atoms with E-state index in [0.717, 1.165) is 47.2 Å². The number of hydrogen-bond acceptors (Lipinski definition) is 8. The topological polar surface area (TPSA) is 91.8 Å². The molecule has 0 spiro atoms. The van der Waals surface area contributed by atoms with Crippen molar-refractivity contribution in [1.82, 2.24) is 14.9 Å². The number of carbonyl (C=O) groups is 1. The molecule has 178 valence electrons. The molecule has 4 rings (SSSR count). The summed E-state index contributed by atoms with van der Waals surface area (Å²) in [5.41, 5.74) is 4.33. The Hall–Kier alpha value is -3.69. The van der Waals surface area contributed by atoms with Crippen LogP contribution < -0.4 is 20.3 Å². The summed E-state index contributed by atoms with van der Waals surface area (Å²) in [6.07, 6.45) is 1.72. The Bertz CT molecular complexity index is 1110. The molecular formula is C25H30N6O3. The van der Waals surface area contributed by atoms with E-state index >= 15 is 0 Å². The van der Waals surface area contributed by atoms with E-state index in [-0.39, 0.29) is 5.91 Å². The zero-order chi connectivity index (χ0) is 23.9. The van der Waals surface area contributed by atoms with Crippen LogP contribution in [-0.4, -0.2) is 74.8 Å². The van der Waals surface area contributed by atoms with Crippen LogP contribution >= 0.6 is 0 Å². The van der Waals surface area contributed by atoms with Crippen molar-refractivity contribution in [3.63, 3.8) is 0 Å². The Morgan fingerprint density at radius 3 is 2.53 bits per heavy atom. The summed E-state index contributed by atoms with van der Waals surface area (Å²) in [5.74, 6) is 1.22. The summed E-state index contributed by atoms with van der Waals surface area (Å²) in [6, 6.07) is 15.4. The molecule has 0 bridgehead atoms. The highest BCUT2D eigenvalue weighted by Crippen LogP contribution is 2.32. The van der Waals surface area contributed by atoms with Crippen molar-refractivity contribution in [1.29, 1.82) is 0 Å². The number of nitrogens with zero attached hydrogens (tertiary/aromatic N) is 4. The lowest BCUT2D eigenvalue weighted by Crippen LogP contribution is -2.36. The minimum Gasteiger partial charge on any atom is -0.495 e. The highest BCUT2D eigenvalue weighted by Gasteiger charge is 2.16. The number of likely N-dealkylation sites (N-methyl/N-ethyl adjacent to an activating group) is 1. The van der Waals surface area contributed by atoms with E-state index in [9.17, 15) is 4.79 Å². The van der Waals surface area contributed by atoms with E-state index in [1.165, 1.54) is 0 Å². The van der Waals surface area contributed by atoms with Crippen LogP contribution in [0.4, 0.5) is 23.0 Å². The number of benzene rings is 2. The first-order chi connectivity index (χ1) is 16.5. The van der Waals surface area contributed by atoms with Gasteiger partial charge in [-0.3, -0.25) is 4.79 Å². The van der Waals surface area contributed by atoms with E-state index in [2.05, 4.69) is 25.5 Å². The van der Waals surface area contributed by atoms with Crippen molar-refractivity contribution >= 4 is 28.9 Å². The fourth-order valence-electron chi connectivity index (χ4n) is 3.74. The second-order valence-electron chi connectivity index (χ2n) is 8.24. The Morgan fingerprint density at radius 1 is 1.09 bits per heavy atom. The molecule has 1 aromatic heterocycles. The van der Waals surface area contributed by atoms with Gasteiger partial charge in [-0.05, 0) is 44.4 Å². The fraction of sp³-hybridized carbons (Fsp3) is 0.320. The molecule has 3 aromatic rings. The number of morpholine rings is 1. The number of rotatable bonds is 8. The van der Waals surface area contributed by atoms with Crippen molar-refractivity contribution < 1.29 is 14.3 Å². The maximum atomic E-state index is 12.0. The predicted octanol–water partition coefficient (Wildman–Crippen LogP) is 3.23. The summed E-state index contributed by atoms with van der Waals surface area (Å²) in [5, 5.41) is 6.15. The number of amides is 1. The van der Waals surface area contributed by atoms with Gasteiger partial charge in [-0.25, -0.2) is 9.97 Å². The fourth-order valence-corrected chi connectivity index (χ4v) is 3.74. The van der Waals surface area contributed by atoms with E-state index in [0.29, 0.717) is 25.7 Å². The van der Waals surface area contributed by atoms with Crippen molar-refractivity contribution in [2.75, 3.05) is 69.6 Å². The number of aromatic nitrogens is 2. The summed E-state index contributed by atoms with van der Waals surface area (Å²) in [6.45, 7) is 3.44. The smallest absolute Gasteiger partial charge is 0.238 e. The lowest BCUT2D eigenvalue weighted by atomic mass is 10.1. The normalized spacial score (nSPS) is 13.6. The van der Waals surface area contributed by atoms with Gasteiger partial charge in [-0.2, -0.15) is 0 Å². The Balaban J connectivity index is 1.46. The predicted molar refractivity (Wildman–Crippen MR) is 134 cm³/mol. The quantitative estimate of drug-likeness (QED) is 0.527. The Morgan fingerprint density at radius 2 is 1.82 bits per heavy atom. The summed E-state index contributed by atoms with van der Waals surface area (Å²) in [7, 11) is 5.39. The van der Waals surface area contributed by atoms with Crippen LogP contribution in [0.1, 0.15) is 0 Å². The van der Waals surface area contributed by atoms with Crippen LogP contribution in [0.15, 0.2) is 54.7 Å². The molecular weight excluding hydrogens is 432 g/mol. The molecule has 0 atom stereocenters. The maximum absolute atomic E-state index is 12.0. The first kappa shape index (κ1) is 23.5. The molecule has 1 fully saturated rings. The molecule has 2 N–H and O–H groups in total.